The van der Waals surface area contributed by atoms with Crippen LogP contribution in [0.25, 0.3) is 0 Å². The molecule has 4 heteroatoms. The lowest BCUT2D eigenvalue weighted by Gasteiger charge is -2.19. The molecule has 1 N–H and O–H groups in total. The van der Waals surface area contributed by atoms with Gasteiger partial charge in [0.15, 0.2) is 6.61 Å². The van der Waals surface area contributed by atoms with Crippen LogP contribution in [0.2, 0.25) is 0 Å². The number of anilines is 1. The normalized spacial score (nSPS) is 11.5. The SMILES string of the molecule is CCC(Nc1ccc(OCC#N)cc1)c1cccc(Br)c1. The van der Waals surface area contributed by atoms with Gasteiger partial charge in [0, 0.05) is 10.2 Å². The summed E-state index contributed by atoms with van der Waals surface area (Å²) in [5.41, 5.74) is 2.28. The Morgan fingerprint density at radius 2 is 2.00 bits per heavy atom. The summed E-state index contributed by atoms with van der Waals surface area (Å²) in [6, 6.07) is 18.2. The van der Waals surface area contributed by atoms with Gasteiger partial charge in [-0.3, -0.25) is 0 Å². The fraction of sp³-hybridized carbons (Fsp3) is 0.235. The highest BCUT2D eigenvalue weighted by atomic mass is 79.9. The molecule has 0 bridgehead atoms. The molecule has 2 aromatic carbocycles. The van der Waals surface area contributed by atoms with Gasteiger partial charge in [0.1, 0.15) is 11.8 Å². The lowest BCUT2D eigenvalue weighted by Crippen LogP contribution is -2.09. The molecular formula is C17H17BrN2O. The van der Waals surface area contributed by atoms with Crippen LogP contribution < -0.4 is 10.1 Å². The molecule has 108 valence electrons. The average molecular weight is 345 g/mol. The highest BCUT2D eigenvalue weighted by Gasteiger charge is 2.09. The topological polar surface area (TPSA) is 45.0 Å². The van der Waals surface area contributed by atoms with Crippen molar-refractivity contribution in [2.24, 2.45) is 0 Å². The van der Waals surface area contributed by atoms with Gasteiger partial charge in [-0.15, -0.1) is 0 Å². The first kappa shape index (κ1) is 15.4. The van der Waals surface area contributed by atoms with Crippen LogP contribution in [-0.2, 0) is 0 Å². The fourth-order valence-electron chi connectivity index (χ4n) is 2.11. The van der Waals surface area contributed by atoms with Crippen molar-refractivity contribution in [1.82, 2.24) is 0 Å². The maximum absolute atomic E-state index is 8.49. The molecule has 21 heavy (non-hydrogen) atoms. The summed E-state index contributed by atoms with van der Waals surface area (Å²) in [6.45, 7) is 2.23. The van der Waals surface area contributed by atoms with Crippen LogP contribution in [0.3, 0.4) is 0 Å². The number of benzene rings is 2. The van der Waals surface area contributed by atoms with E-state index in [4.69, 9.17) is 10.00 Å². The Morgan fingerprint density at radius 3 is 2.62 bits per heavy atom. The van der Waals surface area contributed by atoms with E-state index in [9.17, 15) is 0 Å². The molecule has 0 aromatic heterocycles. The Labute approximate surface area is 133 Å². The lowest BCUT2D eigenvalue weighted by atomic mass is 10.0. The fourth-order valence-corrected chi connectivity index (χ4v) is 2.53. The van der Waals surface area contributed by atoms with E-state index in [-0.39, 0.29) is 12.6 Å². The molecule has 0 saturated carbocycles. The maximum Gasteiger partial charge on any atom is 0.174 e. The highest BCUT2D eigenvalue weighted by Crippen LogP contribution is 2.26. The molecule has 2 rings (SSSR count). The Kier molecular flexibility index (Phi) is 5.65. The van der Waals surface area contributed by atoms with Gasteiger partial charge in [0.05, 0.1) is 6.04 Å². The molecule has 1 unspecified atom stereocenters. The van der Waals surface area contributed by atoms with Crippen LogP contribution >= 0.6 is 15.9 Å². The predicted octanol–water partition coefficient (Wildman–Crippen LogP) is 4.91. The summed E-state index contributed by atoms with van der Waals surface area (Å²) >= 11 is 3.51. The molecule has 0 fully saturated rings. The van der Waals surface area contributed by atoms with Crippen molar-refractivity contribution >= 4 is 21.6 Å². The molecule has 0 aliphatic carbocycles. The van der Waals surface area contributed by atoms with E-state index in [2.05, 4.69) is 40.3 Å². The van der Waals surface area contributed by atoms with E-state index in [1.54, 1.807) is 0 Å². The van der Waals surface area contributed by atoms with Crippen LogP contribution in [0.4, 0.5) is 5.69 Å². The first-order chi connectivity index (χ1) is 10.2. The van der Waals surface area contributed by atoms with Gasteiger partial charge < -0.3 is 10.1 Å². The number of ether oxygens (including phenoxy) is 1. The Hall–Kier alpha value is -1.99. The second kappa shape index (κ2) is 7.70. The van der Waals surface area contributed by atoms with Crippen LogP contribution in [-0.4, -0.2) is 6.61 Å². The highest BCUT2D eigenvalue weighted by molar-refractivity contribution is 9.10. The molecule has 2 aromatic rings. The summed E-state index contributed by atoms with van der Waals surface area (Å²) in [5, 5.41) is 12.0. The molecule has 0 radical (unpaired) electrons. The molecule has 0 aliphatic heterocycles. The van der Waals surface area contributed by atoms with Gasteiger partial charge in [-0.05, 0) is 48.4 Å². The van der Waals surface area contributed by atoms with Crippen LogP contribution in [0, 0.1) is 11.3 Å². The summed E-state index contributed by atoms with van der Waals surface area (Å²) < 4.78 is 6.33. The molecule has 0 aliphatic rings. The first-order valence-corrected chi connectivity index (χ1v) is 7.64. The molecule has 1 atom stereocenters. The van der Waals surface area contributed by atoms with Gasteiger partial charge >= 0.3 is 0 Å². The molecule has 0 spiro atoms. The van der Waals surface area contributed by atoms with Gasteiger partial charge in [-0.2, -0.15) is 5.26 Å². The standard InChI is InChI=1S/C17H17BrN2O/c1-2-17(13-4-3-5-14(18)12-13)20-15-6-8-16(9-7-15)21-11-10-19/h3-9,12,17,20H,2,11H2,1H3. The smallest absolute Gasteiger partial charge is 0.174 e. The van der Waals surface area contributed by atoms with Crippen LogP contribution in [0.1, 0.15) is 24.9 Å². The summed E-state index contributed by atoms with van der Waals surface area (Å²) in [5.74, 6) is 0.706. The van der Waals surface area contributed by atoms with Gasteiger partial charge in [-0.1, -0.05) is 35.0 Å². The number of rotatable bonds is 6. The molecular weight excluding hydrogens is 328 g/mol. The third kappa shape index (κ3) is 4.51. The van der Waals surface area contributed by atoms with Crippen molar-refractivity contribution in [3.63, 3.8) is 0 Å². The summed E-state index contributed by atoms with van der Waals surface area (Å²) in [4.78, 5) is 0. The van der Waals surface area contributed by atoms with E-state index < -0.39 is 0 Å². The second-order valence-corrected chi connectivity index (χ2v) is 5.55. The number of nitrogens with zero attached hydrogens (tertiary/aromatic N) is 1. The van der Waals surface area contributed by atoms with E-state index in [1.807, 2.05) is 42.5 Å². The van der Waals surface area contributed by atoms with Crippen molar-refractivity contribution in [2.45, 2.75) is 19.4 Å². The summed E-state index contributed by atoms with van der Waals surface area (Å²) in [7, 11) is 0. The zero-order valence-electron chi connectivity index (χ0n) is 11.8. The first-order valence-electron chi connectivity index (χ1n) is 6.84. The number of hydrogen-bond acceptors (Lipinski definition) is 3. The largest absolute Gasteiger partial charge is 0.479 e. The number of nitriles is 1. The minimum Gasteiger partial charge on any atom is -0.479 e. The van der Waals surface area contributed by atoms with Crippen LogP contribution in [0.15, 0.2) is 53.0 Å². The molecule has 0 heterocycles. The molecule has 3 nitrogen and oxygen atoms in total. The monoisotopic (exact) mass is 344 g/mol. The van der Waals surface area contributed by atoms with E-state index in [0.29, 0.717) is 5.75 Å². The lowest BCUT2D eigenvalue weighted by molar-refractivity contribution is 0.368. The van der Waals surface area contributed by atoms with Crippen molar-refractivity contribution in [3.05, 3.63) is 58.6 Å². The quantitative estimate of drug-likeness (QED) is 0.809. The molecule has 0 saturated heterocycles. The average Bonchev–Trinajstić information content (AvgIpc) is 2.51. The van der Waals surface area contributed by atoms with E-state index in [0.717, 1.165) is 16.6 Å². The number of nitrogens with one attached hydrogen (secondary N) is 1. The van der Waals surface area contributed by atoms with Gasteiger partial charge in [0.25, 0.3) is 0 Å². The summed E-state index contributed by atoms with van der Waals surface area (Å²) in [6.07, 6.45) is 0.989. The number of hydrogen-bond donors (Lipinski definition) is 1. The Morgan fingerprint density at radius 1 is 1.24 bits per heavy atom. The Balaban J connectivity index is 2.06. The minimum atomic E-state index is 0.0718. The third-order valence-corrected chi connectivity index (χ3v) is 3.65. The second-order valence-electron chi connectivity index (χ2n) is 4.63. The van der Waals surface area contributed by atoms with Gasteiger partial charge in [-0.25, -0.2) is 0 Å². The van der Waals surface area contributed by atoms with Crippen molar-refractivity contribution in [2.75, 3.05) is 11.9 Å². The zero-order chi connectivity index (χ0) is 15.1. The van der Waals surface area contributed by atoms with Crippen molar-refractivity contribution in [3.8, 4) is 11.8 Å². The van der Waals surface area contributed by atoms with Crippen molar-refractivity contribution in [1.29, 1.82) is 5.26 Å². The number of halogens is 1. The minimum absolute atomic E-state index is 0.0718. The predicted molar refractivity (Wildman–Crippen MR) is 88.3 cm³/mol. The maximum atomic E-state index is 8.49. The van der Waals surface area contributed by atoms with E-state index in [1.165, 1.54) is 5.56 Å². The Bertz CT molecular complexity index is 619. The third-order valence-electron chi connectivity index (χ3n) is 3.16. The van der Waals surface area contributed by atoms with Crippen molar-refractivity contribution < 1.29 is 4.74 Å². The molecule has 0 amide bonds. The van der Waals surface area contributed by atoms with E-state index >= 15 is 0 Å². The zero-order valence-corrected chi connectivity index (χ0v) is 13.4. The van der Waals surface area contributed by atoms with Crippen LogP contribution in [0.5, 0.6) is 5.75 Å². The van der Waals surface area contributed by atoms with Gasteiger partial charge in [0.2, 0.25) is 0 Å².